The first-order chi connectivity index (χ1) is 4.84. The molecule has 1 heteroatoms. The van der Waals surface area contributed by atoms with E-state index in [2.05, 4.69) is 5.87 Å². The molecule has 1 N–H and O–H groups in total. The molecule has 0 radical (unpaired) electrons. The van der Waals surface area contributed by atoms with Crippen molar-refractivity contribution in [1.29, 1.82) is 5.41 Å². The van der Waals surface area contributed by atoms with Crippen LogP contribution in [0.1, 0.15) is 12.5 Å². The molecule has 0 heterocycles. The topological polar surface area (TPSA) is 23.9 Å². The van der Waals surface area contributed by atoms with Gasteiger partial charge >= 0.3 is 0 Å². The Morgan fingerprint density at radius 3 is 2.40 bits per heavy atom. The first-order valence-electron chi connectivity index (χ1n) is 3.16. The maximum absolute atomic E-state index is 6.86. The third kappa shape index (κ3) is 1.34. The van der Waals surface area contributed by atoms with Crippen LogP contribution in [0.2, 0.25) is 0 Å². The molecule has 10 heavy (non-hydrogen) atoms. The molecule has 0 aliphatic carbocycles. The van der Waals surface area contributed by atoms with Crippen LogP contribution >= 0.6 is 0 Å². The molecule has 0 unspecified atom stereocenters. The minimum atomic E-state index is 0.876. The largest absolute Gasteiger partial charge is 0.258 e. The molecule has 50 valence electrons. The molecule has 1 rings (SSSR count). The molecule has 0 aliphatic rings. The number of benzene rings is 1. The predicted molar refractivity (Wildman–Crippen MR) is 43.2 cm³/mol. The van der Waals surface area contributed by atoms with E-state index >= 15 is 0 Å². The van der Waals surface area contributed by atoms with E-state index in [0.717, 1.165) is 11.1 Å². The van der Waals surface area contributed by atoms with Crippen molar-refractivity contribution < 1.29 is 0 Å². The molecule has 1 aromatic rings. The fourth-order valence-corrected chi connectivity index (χ4v) is 0.760. The molecule has 0 aliphatic heterocycles. The van der Waals surface area contributed by atoms with E-state index in [1.54, 1.807) is 0 Å². The quantitative estimate of drug-likeness (QED) is 0.565. The van der Waals surface area contributed by atoms with Gasteiger partial charge in [-0.1, -0.05) is 30.3 Å². The fraction of sp³-hybridized carbons (Fsp3) is 0.111. The van der Waals surface area contributed by atoms with E-state index in [1.165, 1.54) is 0 Å². The second kappa shape index (κ2) is 3.00. The third-order valence-electron chi connectivity index (χ3n) is 1.39. The summed E-state index contributed by atoms with van der Waals surface area (Å²) in [5, 5.41) is 6.86. The lowest BCUT2D eigenvalue weighted by atomic mass is 10.1. The van der Waals surface area contributed by atoms with E-state index < -0.39 is 0 Å². The molecular weight excluding hydrogens is 122 g/mol. The van der Waals surface area contributed by atoms with Crippen molar-refractivity contribution >= 4 is 11.4 Å². The molecule has 0 amide bonds. The zero-order valence-electron chi connectivity index (χ0n) is 5.89. The van der Waals surface area contributed by atoms with Gasteiger partial charge in [-0.05, 0) is 18.4 Å². The molecule has 1 aromatic carbocycles. The number of rotatable bonds is 1. The summed E-state index contributed by atoms with van der Waals surface area (Å²) in [6.07, 6.45) is 0. The minimum absolute atomic E-state index is 0.876. The summed E-state index contributed by atoms with van der Waals surface area (Å²) < 4.78 is 0. The van der Waals surface area contributed by atoms with Crippen LogP contribution in [0.4, 0.5) is 0 Å². The van der Waals surface area contributed by atoms with E-state index in [-0.39, 0.29) is 0 Å². The average Bonchev–Trinajstić information content (AvgIpc) is 2.05. The van der Waals surface area contributed by atoms with Crippen molar-refractivity contribution in [3.8, 4) is 0 Å². The molecule has 1 nitrogen and oxygen atoms in total. The zero-order valence-corrected chi connectivity index (χ0v) is 5.89. The van der Waals surface area contributed by atoms with Gasteiger partial charge in [-0.3, -0.25) is 5.41 Å². The van der Waals surface area contributed by atoms with E-state index in [4.69, 9.17) is 5.41 Å². The third-order valence-corrected chi connectivity index (χ3v) is 1.39. The second-order valence-corrected chi connectivity index (χ2v) is 2.12. The summed E-state index contributed by atoms with van der Waals surface area (Å²) in [5.41, 5.74) is 1.94. The molecule has 0 saturated heterocycles. The Morgan fingerprint density at radius 1 is 1.30 bits per heavy atom. The Bertz CT molecular complexity index is 255. The Labute approximate surface area is 60.5 Å². The van der Waals surface area contributed by atoms with Crippen molar-refractivity contribution in [3.63, 3.8) is 0 Å². The van der Waals surface area contributed by atoms with Gasteiger partial charge in [0.25, 0.3) is 0 Å². The predicted octanol–water partition coefficient (Wildman–Crippen LogP) is 2.34. The SMILES string of the molecule is CC(=C=N)c1ccccc1. The smallest absolute Gasteiger partial charge is 0.0170 e. The molecule has 0 fully saturated rings. The highest BCUT2D eigenvalue weighted by Crippen LogP contribution is 2.07. The Balaban J connectivity index is 3.08. The summed E-state index contributed by atoms with van der Waals surface area (Å²) in [5.74, 6) is 2.35. The molecular formula is C9H9N. The van der Waals surface area contributed by atoms with Crippen LogP contribution < -0.4 is 0 Å². The van der Waals surface area contributed by atoms with Gasteiger partial charge in [0.15, 0.2) is 0 Å². The van der Waals surface area contributed by atoms with Crippen molar-refractivity contribution in [2.75, 3.05) is 0 Å². The minimum Gasteiger partial charge on any atom is -0.258 e. The van der Waals surface area contributed by atoms with Crippen molar-refractivity contribution in [2.24, 2.45) is 0 Å². The molecule has 0 saturated carbocycles. The standard InChI is InChI=1S/C9H9N/c1-8(7-10)9-5-3-2-4-6-9/h2-6,10H,1H3. The normalized spacial score (nSPS) is 8.50. The summed E-state index contributed by atoms with van der Waals surface area (Å²) in [4.78, 5) is 0. The van der Waals surface area contributed by atoms with Gasteiger partial charge in [0.2, 0.25) is 0 Å². The van der Waals surface area contributed by atoms with E-state index in [0.29, 0.717) is 0 Å². The lowest BCUT2D eigenvalue weighted by molar-refractivity contribution is 1.55. The van der Waals surface area contributed by atoms with Crippen LogP contribution in [0.15, 0.2) is 30.3 Å². The molecule has 0 bridgehead atoms. The number of hydrogen-bond acceptors (Lipinski definition) is 1. The maximum Gasteiger partial charge on any atom is 0.0170 e. The van der Waals surface area contributed by atoms with Crippen LogP contribution in [0.25, 0.3) is 5.57 Å². The van der Waals surface area contributed by atoms with Crippen LogP contribution in [0, 0.1) is 5.41 Å². The first kappa shape index (κ1) is 6.79. The van der Waals surface area contributed by atoms with Crippen LogP contribution in [0.5, 0.6) is 0 Å². The van der Waals surface area contributed by atoms with Gasteiger partial charge < -0.3 is 0 Å². The second-order valence-electron chi connectivity index (χ2n) is 2.12. The van der Waals surface area contributed by atoms with Crippen LogP contribution in [-0.2, 0) is 0 Å². The number of nitrogens with one attached hydrogen (secondary N) is 1. The molecule has 0 aromatic heterocycles. The molecule has 0 spiro atoms. The maximum atomic E-state index is 6.86. The van der Waals surface area contributed by atoms with Crippen molar-refractivity contribution in [2.45, 2.75) is 6.92 Å². The highest BCUT2D eigenvalue weighted by Gasteiger charge is 1.89. The highest BCUT2D eigenvalue weighted by atomic mass is 14.3. The number of hydrogen-bond donors (Lipinski definition) is 1. The van der Waals surface area contributed by atoms with Gasteiger partial charge in [0.1, 0.15) is 0 Å². The van der Waals surface area contributed by atoms with Gasteiger partial charge in [-0.2, -0.15) is 0 Å². The van der Waals surface area contributed by atoms with Gasteiger partial charge in [-0.25, -0.2) is 0 Å². The lowest BCUT2D eigenvalue weighted by Gasteiger charge is -1.93. The molecule has 0 atom stereocenters. The van der Waals surface area contributed by atoms with Gasteiger partial charge in [0, 0.05) is 5.57 Å². The summed E-state index contributed by atoms with van der Waals surface area (Å²) in [6, 6.07) is 9.81. The zero-order chi connectivity index (χ0) is 7.40. The summed E-state index contributed by atoms with van der Waals surface area (Å²) in [7, 11) is 0. The Morgan fingerprint density at radius 2 is 1.90 bits per heavy atom. The fourth-order valence-electron chi connectivity index (χ4n) is 0.760. The Hall–Kier alpha value is -1.33. The van der Waals surface area contributed by atoms with E-state index in [9.17, 15) is 0 Å². The Kier molecular flexibility index (Phi) is 2.03. The van der Waals surface area contributed by atoms with Crippen LogP contribution in [-0.4, -0.2) is 5.87 Å². The number of allylic oxidation sites excluding steroid dienone is 1. The van der Waals surface area contributed by atoms with Crippen molar-refractivity contribution in [1.82, 2.24) is 0 Å². The highest BCUT2D eigenvalue weighted by molar-refractivity contribution is 5.86. The average molecular weight is 131 g/mol. The van der Waals surface area contributed by atoms with Gasteiger partial charge in [-0.15, -0.1) is 0 Å². The monoisotopic (exact) mass is 131 g/mol. The van der Waals surface area contributed by atoms with E-state index in [1.807, 2.05) is 37.3 Å². The van der Waals surface area contributed by atoms with Gasteiger partial charge in [0.05, 0.1) is 0 Å². The van der Waals surface area contributed by atoms with Crippen molar-refractivity contribution in [3.05, 3.63) is 35.9 Å². The summed E-state index contributed by atoms with van der Waals surface area (Å²) in [6.45, 7) is 1.88. The summed E-state index contributed by atoms with van der Waals surface area (Å²) >= 11 is 0. The first-order valence-corrected chi connectivity index (χ1v) is 3.16. The van der Waals surface area contributed by atoms with Crippen LogP contribution in [0.3, 0.4) is 0 Å². The lowest BCUT2D eigenvalue weighted by Crippen LogP contribution is -1.76.